The van der Waals surface area contributed by atoms with Gasteiger partial charge < -0.3 is 10.6 Å². The fraction of sp³-hybridized carbons (Fsp3) is 0.280. The molecule has 1 fully saturated rings. The van der Waals surface area contributed by atoms with E-state index >= 15 is 0 Å². The van der Waals surface area contributed by atoms with Crippen molar-refractivity contribution in [2.24, 2.45) is 0 Å². The van der Waals surface area contributed by atoms with Crippen LogP contribution in [0.2, 0.25) is 0 Å². The Labute approximate surface area is 171 Å². The van der Waals surface area contributed by atoms with E-state index in [-0.39, 0.29) is 11.4 Å². The Kier molecular flexibility index (Phi) is 4.44. The van der Waals surface area contributed by atoms with Crippen LogP contribution in [0.5, 0.6) is 0 Å². The zero-order chi connectivity index (χ0) is 19.8. The van der Waals surface area contributed by atoms with Gasteiger partial charge in [0.2, 0.25) is 0 Å². The van der Waals surface area contributed by atoms with Crippen LogP contribution in [0, 0.1) is 6.92 Å². The molecule has 3 aromatic rings. The minimum absolute atomic E-state index is 0.0114. The summed E-state index contributed by atoms with van der Waals surface area (Å²) in [4.78, 5) is 17.8. The smallest absolute Gasteiger partial charge is 0.252 e. The molecule has 29 heavy (non-hydrogen) atoms. The highest BCUT2D eigenvalue weighted by Crippen LogP contribution is 2.47. The highest BCUT2D eigenvalue weighted by atomic mass is 16.1. The number of pyridine rings is 1. The first-order valence-corrected chi connectivity index (χ1v) is 10.3. The Morgan fingerprint density at radius 2 is 2.00 bits per heavy atom. The fourth-order valence-corrected chi connectivity index (χ4v) is 4.34. The lowest BCUT2D eigenvalue weighted by Crippen LogP contribution is -2.35. The summed E-state index contributed by atoms with van der Waals surface area (Å²) in [6.45, 7) is 3.89. The van der Waals surface area contributed by atoms with E-state index in [9.17, 15) is 4.79 Å². The molecule has 2 aromatic carbocycles. The third kappa shape index (κ3) is 3.34. The molecule has 2 N–H and O–H groups in total. The van der Waals surface area contributed by atoms with E-state index in [1.807, 2.05) is 31.3 Å². The van der Waals surface area contributed by atoms with Gasteiger partial charge in [-0.25, -0.2) is 0 Å². The minimum Gasteiger partial charge on any atom is -0.342 e. The summed E-state index contributed by atoms with van der Waals surface area (Å²) in [7, 11) is 0. The Morgan fingerprint density at radius 3 is 2.79 bits per heavy atom. The van der Waals surface area contributed by atoms with Crippen molar-refractivity contribution in [1.29, 1.82) is 0 Å². The SMILES string of the molecule is Cc1ccc(C2=CCNCC2)cc1C(=O)NC1(c2ccnc3ccccc23)CC1. The highest BCUT2D eigenvalue weighted by molar-refractivity contribution is 5.98. The van der Waals surface area contributed by atoms with Gasteiger partial charge in [0.05, 0.1) is 11.1 Å². The van der Waals surface area contributed by atoms with Gasteiger partial charge >= 0.3 is 0 Å². The van der Waals surface area contributed by atoms with Gasteiger partial charge in [0, 0.05) is 23.7 Å². The van der Waals surface area contributed by atoms with Crippen molar-refractivity contribution in [2.45, 2.75) is 31.7 Å². The van der Waals surface area contributed by atoms with Crippen LogP contribution < -0.4 is 10.6 Å². The molecule has 146 valence electrons. The van der Waals surface area contributed by atoms with Crippen molar-refractivity contribution >= 4 is 22.4 Å². The van der Waals surface area contributed by atoms with Crippen LogP contribution in [-0.4, -0.2) is 24.0 Å². The average molecular weight is 383 g/mol. The second-order valence-electron chi connectivity index (χ2n) is 8.13. The third-order valence-electron chi connectivity index (χ3n) is 6.18. The number of carbonyl (C=O) groups is 1. The molecule has 0 radical (unpaired) electrons. The Hall–Kier alpha value is -2.98. The normalized spacial score (nSPS) is 17.6. The van der Waals surface area contributed by atoms with Crippen molar-refractivity contribution in [3.05, 3.63) is 83.1 Å². The van der Waals surface area contributed by atoms with Crippen molar-refractivity contribution < 1.29 is 4.79 Å². The van der Waals surface area contributed by atoms with E-state index in [4.69, 9.17) is 0 Å². The Bertz CT molecular complexity index is 1120. The molecule has 1 aliphatic heterocycles. The molecule has 4 heteroatoms. The number of nitrogens with one attached hydrogen (secondary N) is 2. The summed E-state index contributed by atoms with van der Waals surface area (Å²) < 4.78 is 0. The molecule has 0 saturated heterocycles. The number of nitrogens with zero attached hydrogens (tertiary/aromatic N) is 1. The number of carbonyl (C=O) groups excluding carboxylic acids is 1. The molecule has 0 spiro atoms. The second-order valence-corrected chi connectivity index (χ2v) is 8.13. The van der Waals surface area contributed by atoms with E-state index in [0.29, 0.717) is 0 Å². The monoisotopic (exact) mass is 383 g/mol. The molecular weight excluding hydrogens is 358 g/mol. The quantitative estimate of drug-likeness (QED) is 0.705. The number of hydrogen-bond donors (Lipinski definition) is 2. The lowest BCUT2D eigenvalue weighted by molar-refractivity contribution is 0.0930. The molecule has 4 nitrogen and oxygen atoms in total. The first kappa shape index (κ1) is 18.1. The van der Waals surface area contributed by atoms with Crippen LogP contribution in [0.25, 0.3) is 16.5 Å². The van der Waals surface area contributed by atoms with Gasteiger partial charge in [-0.1, -0.05) is 36.4 Å². The molecule has 0 unspecified atom stereocenters. The van der Waals surface area contributed by atoms with Gasteiger partial charge in [-0.15, -0.1) is 0 Å². The van der Waals surface area contributed by atoms with Crippen LogP contribution in [-0.2, 0) is 5.54 Å². The van der Waals surface area contributed by atoms with Gasteiger partial charge in [0.15, 0.2) is 0 Å². The lowest BCUT2D eigenvalue weighted by Gasteiger charge is -2.21. The second kappa shape index (κ2) is 7.12. The van der Waals surface area contributed by atoms with Crippen molar-refractivity contribution in [3.63, 3.8) is 0 Å². The molecule has 1 aliphatic carbocycles. The van der Waals surface area contributed by atoms with E-state index in [2.05, 4.69) is 52.0 Å². The lowest BCUT2D eigenvalue weighted by atomic mass is 9.95. The zero-order valence-electron chi connectivity index (χ0n) is 16.7. The minimum atomic E-state index is -0.282. The van der Waals surface area contributed by atoms with Crippen molar-refractivity contribution in [2.75, 3.05) is 13.1 Å². The van der Waals surface area contributed by atoms with Gasteiger partial charge in [0.25, 0.3) is 5.91 Å². The van der Waals surface area contributed by atoms with Gasteiger partial charge in [-0.3, -0.25) is 9.78 Å². The average Bonchev–Trinajstić information content (AvgIpc) is 3.54. The van der Waals surface area contributed by atoms with Gasteiger partial charge in [-0.2, -0.15) is 0 Å². The third-order valence-corrected chi connectivity index (χ3v) is 6.18. The molecule has 1 aromatic heterocycles. The number of aryl methyl sites for hydroxylation is 1. The number of amides is 1. The fourth-order valence-electron chi connectivity index (χ4n) is 4.34. The maximum absolute atomic E-state index is 13.3. The first-order valence-electron chi connectivity index (χ1n) is 10.3. The van der Waals surface area contributed by atoms with E-state index in [1.54, 1.807) is 0 Å². The summed E-state index contributed by atoms with van der Waals surface area (Å²) in [5, 5.41) is 7.83. The molecule has 0 bridgehead atoms. The molecule has 1 saturated carbocycles. The summed E-state index contributed by atoms with van der Waals surface area (Å²) in [5.41, 5.74) is 6.12. The maximum atomic E-state index is 13.3. The van der Waals surface area contributed by atoms with Crippen LogP contribution in [0.15, 0.2) is 60.8 Å². The van der Waals surface area contributed by atoms with Crippen molar-refractivity contribution in [1.82, 2.24) is 15.6 Å². The highest BCUT2D eigenvalue weighted by Gasteiger charge is 2.46. The van der Waals surface area contributed by atoms with E-state index < -0.39 is 0 Å². The predicted molar refractivity (Wildman–Crippen MR) is 117 cm³/mol. The molecular formula is C25H25N3O. The summed E-state index contributed by atoms with van der Waals surface area (Å²) in [5.74, 6) is 0.0114. The van der Waals surface area contributed by atoms with E-state index in [1.165, 1.54) is 11.1 Å². The van der Waals surface area contributed by atoms with Crippen molar-refractivity contribution in [3.8, 4) is 0 Å². The standard InChI is InChI=1S/C25H25N3O/c1-17-6-7-19(18-8-13-26-14-9-18)16-21(17)24(29)28-25(11-12-25)22-10-15-27-23-5-3-2-4-20(22)23/h2-8,10,15-16,26H,9,11-14H2,1H3,(H,28,29). The molecule has 2 heterocycles. The van der Waals surface area contributed by atoms with Crippen LogP contribution in [0.3, 0.4) is 0 Å². The molecule has 1 amide bonds. The summed E-state index contributed by atoms with van der Waals surface area (Å²) in [6, 6.07) is 16.5. The number of benzene rings is 2. The Morgan fingerprint density at radius 1 is 1.14 bits per heavy atom. The summed E-state index contributed by atoms with van der Waals surface area (Å²) in [6.07, 6.45) is 6.99. The number of para-hydroxylation sites is 1. The Balaban J connectivity index is 1.46. The predicted octanol–water partition coefficient (Wildman–Crippen LogP) is 4.34. The van der Waals surface area contributed by atoms with Crippen LogP contribution >= 0.6 is 0 Å². The van der Waals surface area contributed by atoms with E-state index in [0.717, 1.165) is 59.9 Å². The number of aromatic nitrogens is 1. The molecule has 0 atom stereocenters. The largest absolute Gasteiger partial charge is 0.342 e. The number of hydrogen-bond acceptors (Lipinski definition) is 3. The topological polar surface area (TPSA) is 54.0 Å². The van der Waals surface area contributed by atoms with Gasteiger partial charge in [-0.05, 0) is 73.2 Å². The summed E-state index contributed by atoms with van der Waals surface area (Å²) >= 11 is 0. The first-order chi connectivity index (χ1) is 14.2. The van der Waals surface area contributed by atoms with Crippen LogP contribution in [0.1, 0.15) is 46.3 Å². The number of fused-ring (bicyclic) bond motifs is 1. The zero-order valence-corrected chi connectivity index (χ0v) is 16.7. The van der Waals surface area contributed by atoms with Crippen LogP contribution in [0.4, 0.5) is 0 Å². The number of rotatable bonds is 4. The van der Waals surface area contributed by atoms with Gasteiger partial charge in [0.1, 0.15) is 0 Å². The molecule has 5 rings (SSSR count). The molecule has 2 aliphatic rings. The maximum Gasteiger partial charge on any atom is 0.252 e.